The molecule has 0 aliphatic carbocycles. The van der Waals surface area contributed by atoms with Gasteiger partial charge < -0.3 is 20.6 Å². The van der Waals surface area contributed by atoms with Crippen molar-refractivity contribution in [1.82, 2.24) is 9.80 Å². The summed E-state index contributed by atoms with van der Waals surface area (Å²) in [7, 11) is 0. The van der Waals surface area contributed by atoms with Crippen LogP contribution in [0, 0.1) is 5.92 Å². The summed E-state index contributed by atoms with van der Waals surface area (Å²) in [4.78, 5) is 5.23. The third kappa shape index (κ3) is 5.32. The van der Waals surface area contributed by atoms with Crippen molar-refractivity contribution in [2.24, 2.45) is 11.7 Å². The van der Waals surface area contributed by atoms with Gasteiger partial charge in [0.2, 0.25) is 0 Å². The topological polar surface area (TPSA) is 52.7 Å². The zero-order valence-electron chi connectivity index (χ0n) is 13.2. The molecule has 4 heteroatoms. The molecule has 0 spiro atoms. The highest BCUT2D eigenvalue weighted by Gasteiger charge is 2.23. The zero-order chi connectivity index (χ0) is 14.4. The average Bonchev–Trinajstić information content (AvgIpc) is 2.94. The predicted molar refractivity (Wildman–Crippen MR) is 83.8 cm³/mol. The Labute approximate surface area is 124 Å². The lowest BCUT2D eigenvalue weighted by atomic mass is 9.95. The van der Waals surface area contributed by atoms with Crippen LogP contribution in [0.5, 0.6) is 0 Å². The van der Waals surface area contributed by atoms with Crippen molar-refractivity contribution in [2.75, 3.05) is 45.9 Å². The number of hydrogen-bond acceptors (Lipinski definition) is 4. The Morgan fingerprint density at radius 1 is 1.10 bits per heavy atom. The number of rotatable bonds is 7. The first kappa shape index (κ1) is 16.2. The lowest BCUT2D eigenvalue weighted by Crippen LogP contribution is -2.42. The first-order valence-corrected chi connectivity index (χ1v) is 8.43. The molecular formula is C16H33N3O. The Morgan fingerprint density at radius 2 is 1.75 bits per heavy atom. The number of piperidine rings is 1. The second-order valence-electron chi connectivity index (χ2n) is 7.21. The normalized spacial score (nSPS) is 25.9. The van der Waals surface area contributed by atoms with Gasteiger partial charge in [-0.3, -0.25) is 0 Å². The van der Waals surface area contributed by atoms with Gasteiger partial charge in [0.25, 0.3) is 0 Å². The van der Waals surface area contributed by atoms with Crippen LogP contribution in [0.25, 0.3) is 0 Å². The van der Waals surface area contributed by atoms with Crippen LogP contribution in [0.4, 0.5) is 0 Å². The van der Waals surface area contributed by atoms with Gasteiger partial charge in [-0.05, 0) is 84.1 Å². The minimum absolute atomic E-state index is 0.0882. The van der Waals surface area contributed by atoms with E-state index in [1.165, 1.54) is 58.4 Å². The minimum Gasteiger partial charge on any atom is -0.394 e. The minimum atomic E-state index is -0.395. The molecule has 2 heterocycles. The highest BCUT2D eigenvalue weighted by Crippen LogP contribution is 2.21. The molecule has 2 saturated heterocycles. The van der Waals surface area contributed by atoms with Crippen molar-refractivity contribution < 1.29 is 5.11 Å². The molecule has 2 rings (SSSR count). The van der Waals surface area contributed by atoms with E-state index in [0.717, 1.165) is 25.3 Å². The third-order valence-corrected chi connectivity index (χ3v) is 5.01. The maximum absolute atomic E-state index is 9.16. The fraction of sp³-hybridized carbons (Fsp3) is 1.00. The number of likely N-dealkylation sites (tertiary alicyclic amines) is 2. The SMILES string of the molecule is CC(N)(CO)CCCN1CCC(CN2CCCC2)CC1. The van der Waals surface area contributed by atoms with Crippen LogP contribution in [0.1, 0.15) is 45.4 Å². The molecule has 0 saturated carbocycles. The highest BCUT2D eigenvalue weighted by molar-refractivity contribution is 4.80. The lowest BCUT2D eigenvalue weighted by molar-refractivity contribution is 0.144. The molecule has 0 aromatic rings. The molecule has 0 aromatic heterocycles. The number of aliphatic hydroxyl groups excluding tert-OH is 1. The number of nitrogens with zero attached hydrogens (tertiary/aromatic N) is 2. The van der Waals surface area contributed by atoms with E-state index in [9.17, 15) is 0 Å². The molecule has 0 amide bonds. The maximum Gasteiger partial charge on any atom is 0.0608 e. The summed E-state index contributed by atoms with van der Waals surface area (Å²) < 4.78 is 0. The van der Waals surface area contributed by atoms with Crippen molar-refractivity contribution in [3.8, 4) is 0 Å². The molecule has 118 valence electrons. The van der Waals surface area contributed by atoms with Gasteiger partial charge in [-0.25, -0.2) is 0 Å². The molecule has 0 radical (unpaired) electrons. The molecule has 2 aliphatic rings. The molecule has 2 aliphatic heterocycles. The summed E-state index contributed by atoms with van der Waals surface area (Å²) in [5.74, 6) is 0.918. The summed E-state index contributed by atoms with van der Waals surface area (Å²) in [5, 5.41) is 9.16. The van der Waals surface area contributed by atoms with Crippen molar-refractivity contribution in [2.45, 2.75) is 51.0 Å². The van der Waals surface area contributed by atoms with E-state index in [0.29, 0.717) is 0 Å². The van der Waals surface area contributed by atoms with Gasteiger partial charge in [-0.2, -0.15) is 0 Å². The zero-order valence-corrected chi connectivity index (χ0v) is 13.2. The van der Waals surface area contributed by atoms with Crippen LogP contribution < -0.4 is 5.73 Å². The lowest BCUT2D eigenvalue weighted by Gasteiger charge is -2.34. The van der Waals surface area contributed by atoms with Gasteiger partial charge in [0, 0.05) is 12.1 Å². The smallest absolute Gasteiger partial charge is 0.0608 e. The second-order valence-corrected chi connectivity index (χ2v) is 7.21. The van der Waals surface area contributed by atoms with Crippen molar-refractivity contribution >= 4 is 0 Å². The van der Waals surface area contributed by atoms with Gasteiger partial charge >= 0.3 is 0 Å². The van der Waals surface area contributed by atoms with Crippen LogP contribution >= 0.6 is 0 Å². The van der Waals surface area contributed by atoms with E-state index >= 15 is 0 Å². The van der Waals surface area contributed by atoms with Gasteiger partial charge in [0.05, 0.1) is 6.61 Å². The summed E-state index contributed by atoms with van der Waals surface area (Å²) in [5.41, 5.74) is 5.58. The van der Waals surface area contributed by atoms with Crippen LogP contribution in [0.15, 0.2) is 0 Å². The Kier molecular flexibility index (Phi) is 6.27. The largest absolute Gasteiger partial charge is 0.394 e. The van der Waals surface area contributed by atoms with Crippen LogP contribution in [0.2, 0.25) is 0 Å². The summed E-state index contributed by atoms with van der Waals surface area (Å²) in [6, 6.07) is 0. The molecule has 3 N–H and O–H groups in total. The Balaban J connectivity index is 1.57. The molecule has 20 heavy (non-hydrogen) atoms. The molecule has 0 bridgehead atoms. The second kappa shape index (κ2) is 7.74. The summed E-state index contributed by atoms with van der Waals surface area (Å²) >= 11 is 0. The highest BCUT2D eigenvalue weighted by atomic mass is 16.3. The number of aliphatic hydroxyl groups is 1. The standard InChI is InChI=1S/C16H33N3O/c1-16(17,14-20)7-4-10-18-11-5-15(6-12-18)13-19-8-2-3-9-19/h15,20H,2-14,17H2,1H3. The van der Waals surface area contributed by atoms with E-state index in [2.05, 4.69) is 9.80 Å². The Bertz CT molecular complexity index is 269. The van der Waals surface area contributed by atoms with Gasteiger partial charge in [0.1, 0.15) is 0 Å². The van der Waals surface area contributed by atoms with Crippen molar-refractivity contribution in [3.63, 3.8) is 0 Å². The molecule has 1 unspecified atom stereocenters. The molecule has 2 fully saturated rings. The van der Waals surface area contributed by atoms with Gasteiger partial charge in [-0.1, -0.05) is 0 Å². The van der Waals surface area contributed by atoms with Crippen molar-refractivity contribution in [1.29, 1.82) is 0 Å². The number of nitrogens with two attached hydrogens (primary N) is 1. The van der Waals surface area contributed by atoms with E-state index in [1.807, 2.05) is 6.92 Å². The first-order valence-electron chi connectivity index (χ1n) is 8.43. The third-order valence-electron chi connectivity index (χ3n) is 5.01. The summed E-state index contributed by atoms with van der Waals surface area (Å²) in [6.07, 6.45) is 7.54. The Hall–Kier alpha value is -0.160. The van der Waals surface area contributed by atoms with E-state index in [4.69, 9.17) is 10.8 Å². The fourth-order valence-electron chi connectivity index (χ4n) is 3.51. The molecule has 0 aromatic carbocycles. The van der Waals surface area contributed by atoms with E-state index < -0.39 is 5.54 Å². The maximum atomic E-state index is 9.16. The quantitative estimate of drug-likeness (QED) is 0.739. The van der Waals surface area contributed by atoms with Gasteiger partial charge in [0.15, 0.2) is 0 Å². The van der Waals surface area contributed by atoms with Crippen LogP contribution in [0.3, 0.4) is 0 Å². The average molecular weight is 283 g/mol. The van der Waals surface area contributed by atoms with E-state index in [-0.39, 0.29) is 6.61 Å². The molecule has 1 atom stereocenters. The fourth-order valence-corrected chi connectivity index (χ4v) is 3.51. The summed E-state index contributed by atoms with van der Waals surface area (Å²) in [6.45, 7) is 9.66. The predicted octanol–water partition coefficient (Wildman–Crippen LogP) is 1.28. The molecule has 4 nitrogen and oxygen atoms in total. The van der Waals surface area contributed by atoms with E-state index in [1.54, 1.807) is 0 Å². The first-order chi connectivity index (χ1) is 9.59. The Morgan fingerprint density at radius 3 is 2.35 bits per heavy atom. The number of hydrogen-bond donors (Lipinski definition) is 2. The van der Waals surface area contributed by atoms with Crippen LogP contribution in [-0.4, -0.2) is 66.3 Å². The van der Waals surface area contributed by atoms with Crippen molar-refractivity contribution in [3.05, 3.63) is 0 Å². The molecular weight excluding hydrogens is 250 g/mol. The monoisotopic (exact) mass is 283 g/mol. The van der Waals surface area contributed by atoms with Gasteiger partial charge in [-0.15, -0.1) is 0 Å². The van der Waals surface area contributed by atoms with Crippen LogP contribution in [-0.2, 0) is 0 Å².